The lowest BCUT2D eigenvalue weighted by molar-refractivity contribution is 0.547. The van der Waals surface area contributed by atoms with Gasteiger partial charge in [0, 0.05) is 58.9 Å². The second-order valence-corrected chi connectivity index (χ2v) is 7.72. The maximum Gasteiger partial charge on any atom is 0.238 e. The van der Waals surface area contributed by atoms with E-state index in [1.54, 1.807) is 12.4 Å². The fourth-order valence-electron chi connectivity index (χ4n) is 2.94. The minimum Gasteiger partial charge on any atom is -0.370 e. The summed E-state index contributed by atoms with van der Waals surface area (Å²) < 4.78 is 39.8. The predicted molar refractivity (Wildman–Crippen MR) is 96.8 cm³/mol. The molecule has 4 rings (SSSR count). The van der Waals surface area contributed by atoms with E-state index in [0.717, 1.165) is 42.2 Å². The molecule has 0 amide bonds. The van der Waals surface area contributed by atoms with Gasteiger partial charge < -0.3 is 4.90 Å². The van der Waals surface area contributed by atoms with E-state index >= 15 is 0 Å². The van der Waals surface area contributed by atoms with Crippen LogP contribution in [0.3, 0.4) is 0 Å². The summed E-state index contributed by atoms with van der Waals surface area (Å²) in [4.78, 5) is 5.59. The number of hydrogen-bond acceptors (Lipinski definition) is 4. The highest BCUT2D eigenvalue weighted by Gasteiger charge is 2.16. The Hall–Kier alpha value is -2.61. The van der Waals surface area contributed by atoms with Gasteiger partial charge in [0.15, 0.2) is 0 Å². The summed E-state index contributed by atoms with van der Waals surface area (Å²) in [5, 5.41) is 4.11. The van der Waals surface area contributed by atoms with Gasteiger partial charge in [-0.05, 0) is 17.7 Å². The van der Waals surface area contributed by atoms with Gasteiger partial charge in [-0.25, -0.2) is 14.1 Å². The van der Waals surface area contributed by atoms with Gasteiger partial charge in [-0.15, -0.1) is 0 Å². The summed E-state index contributed by atoms with van der Waals surface area (Å²) in [6.07, 6.45) is 4.07. The lowest BCUT2D eigenvalue weighted by Gasteiger charge is -2.28. The van der Waals surface area contributed by atoms with Crippen LogP contribution in [0.2, 0.25) is 0 Å². The van der Waals surface area contributed by atoms with Crippen molar-refractivity contribution in [3.8, 4) is 16.8 Å². The van der Waals surface area contributed by atoms with Crippen molar-refractivity contribution in [1.29, 1.82) is 0 Å². The average molecular weight is 374 g/mol. The molecule has 0 radical (unpaired) electrons. The van der Waals surface area contributed by atoms with Crippen LogP contribution in [0.5, 0.6) is 0 Å². The average Bonchev–Trinajstić information content (AvgIpc) is 3.14. The molecule has 0 unspecified atom stereocenters. The van der Waals surface area contributed by atoms with Crippen LogP contribution >= 0.6 is 0 Å². The van der Waals surface area contributed by atoms with Gasteiger partial charge in [-0.1, -0.05) is 12.1 Å². The number of anilines is 1. The molecular weight excluding hydrogens is 358 g/mol. The quantitative estimate of drug-likeness (QED) is 0.662. The van der Waals surface area contributed by atoms with E-state index in [0.29, 0.717) is 11.5 Å². The first-order valence-corrected chi connectivity index (χ1v) is 9.65. The number of benzene rings is 1. The monoisotopic (exact) mass is 374 g/mol. The number of nitrogens with zero attached hydrogens (tertiary/aromatic N) is 4. The zero-order valence-corrected chi connectivity index (χ0v) is 14.6. The van der Waals surface area contributed by atoms with Crippen LogP contribution in [-0.4, -0.2) is 43.6 Å². The summed E-state index contributed by atoms with van der Waals surface area (Å²) in [7, 11) is -0.703. The van der Waals surface area contributed by atoms with Crippen LogP contribution in [-0.2, 0) is 10.8 Å². The van der Waals surface area contributed by atoms with E-state index in [2.05, 4.69) is 15.0 Å². The zero-order valence-electron chi connectivity index (χ0n) is 13.8. The maximum atomic E-state index is 13.8. The van der Waals surface area contributed by atoms with Gasteiger partial charge in [0.05, 0.1) is 12.4 Å². The molecule has 1 aromatic carbocycles. The largest absolute Gasteiger partial charge is 0.370 e. The first-order chi connectivity index (χ1) is 12.6. The molecule has 1 aliphatic heterocycles. The van der Waals surface area contributed by atoms with Crippen LogP contribution in [0.25, 0.3) is 16.8 Å². The molecule has 5 nitrogen and oxygen atoms in total. The normalized spacial score (nSPS) is 15.4. The Morgan fingerprint density at radius 1 is 1.00 bits per heavy atom. The molecule has 8 heteroatoms. The molecule has 26 heavy (non-hydrogen) atoms. The van der Waals surface area contributed by atoms with Crippen LogP contribution < -0.4 is 4.90 Å². The fourth-order valence-corrected chi connectivity index (χ4v) is 3.99. The number of hydrogen-bond donors (Lipinski definition) is 0. The van der Waals surface area contributed by atoms with E-state index in [-0.39, 0.29) is 5.69 Å². The molecular formula is C18H16F2N4OS. The Morgan fingerprint density at radius 2 is 1.73 bits per heavy atom. The lowest BCUT2D eigenvalue weighted by Crippen LogP contribution is -2.37. The van der Waals surface area contributed by atoms with Crippen molar-refractivity contribution >= 4 is 16.5 Å². The molecule has 2 aromatic heterocycles. The highest BCUT2D eigenvalue weighted by Crippen LogP contribution is 2.25. The topological polar surface area (TPSA) is 51.0 Å². The Morgan fingerprint density at radius 3 is 2.46 bits per heavy atom. The first kappa shape index (κ1) is 16.8. The summed E-state index contributed by atoms with van der Waals surface area (Å²) in [6.45, 7) is 1.57. The number of halogens is 2. The Balaban J connectivity index is 1.56. The Kier molecular flexibility index (Phi) is 4.50. The molecule has 0 bridgehead atoms. The minimum atomic E-state index is -0.779. The standard InChI is InChI=1S/C18H16F2N4OS/c19-15-9-17(18(20)21-11-15)24-12-14(10-22-24)13-1-3-16(4-2-13)23-5-7-26(25)8-6-23/h1-4,9-12H,5-8H2. The van der Waals surface area contributed by atoms with E-state index in [9.17, 15) is 13.0 Å². The third-order valence-corrected chi connectivity index (χ3v) is 5.64. The SMILES string of the molecule is O=S1CCN(c2ccc(-c3cnn(-c4cc(F)cnc4F)c3)cc2)CC1. The first-order valence-electron chi connectivity index (χ1n) is 8.16. The fraction of sp³-hybridized carbons (Fsp3) is 0.222. The third kappa shape index (κ3) is 3.37. The van der Waals surface area contributed by atoms with Gasteiger partial charge >= 0.3 is 0 Å². The smallest absolute Gasteiger partial charge is 0.238 e. The Bertz CT molecular complexity index is 948. The van der Waals surface area contributed by atoms with Crippen LogP contribution in [0.1, 0.15) is 0 Å². The van der Waals surface area contributed by atoms with E-state index < -0.39 is 22.6 Å². The van der Waals surface area contributed by atoms with Crippen molar-refractivity contribution in [2.75, 3.05) is 29.5 Å². The minimum absolute atomic E-state index is 0.0332. The summed E-state index contributed by atoms with van der Waals surface area (Å²) in [5.74, 6) is -0.00656. The van der Waals surface area contributed by atoms with Crippen molar-refractivity contribution in [2.24, 2.45) is 0 Å². The molecule has 0 N–H and O–H groups in total. The van der Waals surface area contributed by atoms with Crippen LogP contribution in [0.4, 0.5) is 14.5 Å². The molecule has 0 saturated carbocycles. The summed E-state index contributed by atoms with van der Waals surface area (Å²) in [6, 6.07) is 8.99. The van der Waals surface area contributed by atoms with E-state index in [1.165, 1.54) is 4.68 Å². The molecule has 3 heterocycles. The predicted octanol–water partition coefficient (Wildman–Crippen LogP) is 2.78. The molecule has 0 atom stereocenters. The van der Waals surface area contributed by atoms with E-state index in [4.69, 9.17) is 0 Å². The van der Waals surface area contributed by atoms with Gasteiger partial charge in [0.25, 0.3) is 0 Å². The molecule has 1 saturated heterocycles. The third-order valence-electron chi connectivity index (χ3n) is 4.36. The van der Waals surface area contributed by atoms with Gasteiger partial charge in [-0.2, -0.15) is 9.49 Å². The van der Waals surface area contributed by atoms with Gasteiger partial charge in [-0.3, -0.25) is 4.21 Å². The number of pyridine rings is 1. The van der Waals surface area contributed by atoms with Crippen LogP contribution in [0, 0.1) is 11.8 Å². The Labute approximate surface area is 151 Å². The molecule has 0 aliphatic carbocycles. The molecule has 1 aliphatic rings. The highest BCUT2D eigenvalue weighted by atomic mass is 32.2. The second-order valence-electron chi connectivity index (χ2n) is 6.02. The molecule has 134 valence electrons. The van der Waals surface area contributed by atoms with Crippen molar-refractivity contribution < 1.29 is 13.0 Å². The molecule has 0 spiro atoms. The molecule has 1 fully saturated rings. The van der Waals surface area contributed by atoms with Crippen molar-refractivity contribution in [1.82, 2.24) is 14.8 Å². The van der Waals surface area contributed by atoms with Gasteiger partial charge in [0.2, 0.25) is 5.95 Å². The van der Waals surface area contributed by atoms with E-state index in [1.807, 2.05) is 24.3 Å². The summed E-state index contributed by atoms with van der Waals surface area (Å²) >= 11 is 0. The van der Waals surface area contributed by atoms with Crippen molar-refractivity contribution in [3.05, 3.63) is 60.7 Å². The lowest BCUT2D eigenvalue weighted by atomic mass is 10.1. The van der Waals surface area contributed by atoms with Gasteiger partial charge in [0.1, 0.15) is 11.5 Å². The zero-order chi connectivity index (χ0) is 18.1. The highest BCUT2D eigenvalue weighted by molar-refractivity contribution is 7.85. The number of rotatable bonds is 3. The maximum absolute atomic E-state index is 13.8. The summed E-state index contributed by atoms with van der Waals surface area (Å²) in [5.41, 5.74) is 2.76. The molecule has 3 aromatic rings. The second kappa shape index (κ2) is 6.95. The van der Waals surface area contributed by atoms with Crippen molar-refractivity contribution in [3.63, 3.8) is 0 Å². The number of aromatic nitrogens is 3. The van der Waals surface area contributed by atoms with Crippen LogP contribution in [0.15, 0.2) is 48.9 Å². The van der Waals surface area contributed by atoms with Crippen molar-refractivity contribution in [2.45, 2.75) is 0 Å².